The summed E-state index contributed by atoms with van der Waals surface area (Å²) in [5, 5.41) is 5.77. The number of fused-ring (bicyclic) bond motifs is 1. The molecule has 5 heteroatoms. The molecule has 0 aromatic heterocycles. The van der Waals surface area contributed by atoms with Crippen molar-refractivity contribution in [1.29, 1.82) is 0 Å². The molecular weight excluding hydrogens is 230 g/mol. The highest BCUT2D eigenvalue weighted by Crippen LogP contribution is 2.29. The number of amides is 2. The highest BCUT2D eigenvalue weighted by Gasteiger charge is 2.25. The minimum atomic E-state index is -0.143. The molecule has 0 saturated carbocycles. The average Bonchev–Trinajstić information content (AvgIpc) is 2.38. The van der Waals surface area contributed by atoms with E-state index in [4.69, 9.17) is 0 Å². The number of carbonyl (C=O) groups is 2. The van der Waals surface area contributed by atoms with E-state index in [1.165, 1.54) is 0 Å². The van der Waals surface area contributed by atoms with Crippen molar-refractivity contribution >= 4 is 23.2 Å². The fraction of sp³-hybridized carbons (Fsp3) is 0.385. The molecule has 0 saturated heterocycles. The Morgan fingerprint density at radius 3 is 3.00 bits per heavy atom. The average molecular weight is 247 g/mol. The maximum atomic E-state index is 12.1. The molecule has 0 atom stereocenters. The summed E-state index contributed by atoms with van der Waals surface area (Å²) in [4.78, 5) is 25.2. The lowest BCUT2D eigenvalue weighted by Crippen LogP contribution is -2.42. The van der Waals surface area contributed by atoms with Crippen molar-refractivity contribution in [1.82, 2.24) is 5.32 Å². The second-order valence-electron chi connectivity index (χ2n) is 4.25. The number of nitrogens with zero attached hydrogens (tertiary/aromatic N) is 1. The number of nitrogens with one attached hydrogen (secondary N) is 2. The fourth-order valence-electron chi connectivity index (χ4n) is 2.01. The number of hydrogen-bond acceptors (Lipinski definition) is 3. The van der Waals surface area contributed by atoms with Crippen LogP contribution in [0.15, 0.2) is 24.3 Å². The summed E-state index contributed by atoms with van der Waals surface area (Å²) in [6.45, 7) is 0.906. The molecule has 96 valence electrons. The SMILES string of the molecule is CNCCCC(=O)N1CC(=O)Nc2ccccc21. The van der Waals surface area contributed by atoms with E-state index in [0.29, 0.717) is 12.1 Å². The number of carbonyl (C=O) groups excluding carboxylic acids is 2. The van der Waals surface area contributed by atoms with Gasteiger partial charge in [-0.05, 0) is 32.1 Å². The molecule has 0 radical (unpaired) electrons. The summed E-state index contributed by atoms with van der Waals surface area (Å²) in [7, 11) is 1.86. The van der Waals surface area contributed by atoms with Gasteiger partial charge in [-0.3, -0.25) is 9.59 Å². The van der Waals surface area contributed by atoms with Crippen LogP contribution >= 0.6 is 0 Å². The van der Waals surface area contributed by atoms with Crippen molar-refractivity contribution in [3.8, 4) is 0 Å². The molecule has 1 aromatic carbocycles. The van der Waals surface area contributed by atoms with E-state index >= 15 is 0 Å². The minimum absolute atomic E-state index is 0.00690. The van der Waals surface area contributed by atoms with Crippen LogP contribution in [0.1, 0.15) is 12.8 Å². The Kier molecular flexibility index (Phi) is 3.94. The van der Waals surface area contributed by atoms with E-state index in [9.17, 15) is 9.59 Å². The van der Waals surface area contributed by atoms with Crippen LogP contribution in [0.2, 0.25) is 0 Å². The van der Waals surface area contributed by atoms with Crippen LogP contribution in [0.3, 0.4) is 0 Å². The van der Waals surface area contributed by atoms with Crippen LogP contribution in [-0.2, 0) is 9.59 Å². The minimum Gasteiger partial charge on any atom is -0.323 e. The standard InChI is InChI=1S/C13H17N3O2/c1-14-8-4-7-13(18)16-9-12(17)15-10-5-2-3-6-11(10)16/h2-3,5-6,14H,4,7-9H2,1H3,(H,15,17). The number of anilines is 2. The molecule has 1 aromatic rings. The summed E-state index contributed by atoms with van der Waals surface area (Å²) in [5.41, 5.74) is 1.49. The molecule has 2 amide bonds. The highest BCUT2D eigenvalue weighted by atomic mass is 16.2. The maximum Gasteiger partial charge on any atom is 0.244 e. The van der Waals surface area contributed by atoms with Gasteiger partial charge in [0, 0.05) is 6.42 Å². The first-order valence-electron chi connectivity index (χ1n) is 6.06. The van der Waals surface area contributed by atoms with E-state index in [0.717, 1.165) is 18.7 Å². The molecule has 0 fully saturated rings. The number of rotatable bonds is 4. The molecule has 0 aliphatic carbocycles. The third-order valence-electron chi connectivity index (χ3n) is 2.89. The Bertz CT molecular complexity index is 459. The first kappa shape index (κ1) is 12.6. The Labute approximate surface area is 106 Å². The van der Waals surface area contributed by atoms with Crippen LogP contribution in [0, 0.1) is 0 Å². The summed E-state index contributed by atoms with van der Waals surface area (Å²) in [6.07, 6.45) is 1.22. The normalized spacial score (nSPS) is 14.1. The van der Waals surface area contributed by atoms with Crippen molar-refractivity contribution in [2.75, 3.05) is 30.4 Å². The van der Waals surface area contributed by atoms with Gasteiger partial charge < -0.3 is 15.5 Å². The number of benzene rings is 1. The zero-order valence-corrected chi connectivity index (χ0v) is 10.4. The highest BCUT2D eigenvalue weighted by molar-refractivity contribution is 6.09. The van der Waals surface area contributed by atoms with Crippen molar-refractivity contribution in [3.63, 3.8) is 0 Å². The van der Waals surface area contributed by atoms with Crippen molar-refractivity contribution in [2.45, 2.75) is 12.8 Å². The van der Waals surface area contributed by atoms with E-state index in [1.54, 1.807) is 11.0 Å². The van der Waals surface area contributed by atoms with Crippen molar-refractivity contribution in [2.24, 2.45) is 0 Å². The monoisotopic (exact) mass is 247 g/mol. The van der Waals surface area contributed by atoms with Gasteiger partial charge in [0.1, 0.15) is 6.54 Å². The van der Waals surface area contributed by atoms with E-state index in [1.807, 2.05) is 25.2 Å². The lowest BCUT2D eigenvalue weighted by Gasteiger charge is -2.29. The fourth-order valence-corrected chi connectivity index (χ4v) is 2.01. The van der Waals surface area contributed by atoms with Crippen LogP contribution in [0.4, 0.5) is 11.4 Å². The molecule has 0 unspecified atom stereocenters. The summed E-state index contributed by atoms with van der Waals surface area (Å²) < 4.78 is 0. The quantitative estimate of drug-likeness (QED) is 0.779. The van der Waals surface area contributed by atoms with E-state index in [-0.39, 0.29) is 18.4 Å². The smallest absolute Gasteiger partial charge is 0.244 e. The van der Waals surface area contributed by atoms with Gasteiger partial charge in [0.15, 0.2) is 0 Å². The number of para-hydroxylation sites is 2. The molecule has 0 spiro atoms. The predicted molar refractivity (Wildman–Crippen MR) is 70.6 cm³/mol. The number of hydrogen-bond donors (Lipinski definition) is 2. The molecule has 1 aliphatic heterocycles. The van der Waals surface area contributed by atoms with Crippen LogP contribution in [0.25, 0.3) is 0 Å². The van der Waals surface area contributed by atoms with Crippen LogP contribution in [0.5, 0.6) is 0 Å². The van der Waals surface area contributed by atoms with Crippen molar-refractivity contribution in [3.05, 3.63) is 24.3 Å². The van der Waals surface area contributed by atoms with Gasteiger partial charge in [0.05, 0.1) is 11.4 Å². The largest absolute Gasteiger partial charge is 0.323 e. The molecule has 2 rings (SSSR count). The van der Waals surface area contributed by atoms with Gasteiger partial charge in [-0.15, -0.1) is 0 Å². The lowest BCUT2D eigenvalue weighted by molar-refractivity contribution is -0.122. The van der Waals surface area contributed by atoms with Gasteiger partial charge >= 0.3 is 0 Å². The Hall–Kier alpha value is -1.88. The Morgan fingerprint density at radius 2 is 2.22 bits per heavy atom. The van der Waals surface area contributed by atoms with Gasteiger partial charge in [-0.25, -0.2) is 0 Å². The van der Waals surface area contributed by atoms with Crippen LogP contribution in [-0.4, -0.2) is 32.0 Å². The third-order valence-corrected chi connectivity index (χ3v) is 2.89. The molecule has 2 N–H and O–H groups in total. The van der Waals surface area contributed by atoms with Gasteiger partial charge in [0.25, 0.3) is 0 Å². The second-order valence-corrected chi connectivity index (χ2v) is 4.25. The molecule has 0 bridgehead atoms. The maximum absolute atomic E-state index is 12.1. The zero-order chi connectivity index (χ0) is 13.0. The van der Waals surface area contributed by atoms with Crippen LogP contribution < -0.4 is 15.5 Å². The Balaban J connectivity index is 2.13. The third kappa shape index (κ3) is 2.68. The predicted octanol–water partition coefficient (Wildman–Crippen LogP) is 0.971. The molecule has 1 aliphatic rings. The lowest BCUT2D eigenvalue weighted by atomic mass is 10.1. The molecule has 5 nitrogen and oxygen atoms in total. The second kappa shape index (κ2) is 5.64. The zero-order valence-electron chi connectivity index (χ0n) is 10.4. The van der Waals surface area contributed by atoms with E-state index < -0.39 is 0 Å². The molecular formula is C13H17N3O2. The van der Waals surface area contributed by atoms with Gasteiger partial charge in [0.2, 0.25) is 11.8 Å². The van der Waals surface area contributed by atoms with E-state index in [2.05, 4.69) is 10.6 Å². The summed E-state index contributed by atoms with van der Waals surface area (Å²) >= 11 is 0. The Morgan fingerprint density at radius 1 is 1.44 bits per heavy atom. The molecule has 18 heavy (non-hydrogen) atoms. The summed E-state index contributed by atoms with van der Waals surface area (Å²) in [5.74, 6) is -0.150. The van der Waals surface area contributed by atoms with Crippen molar-refractivity contribution < 1.29 is 9.59 Å². The first-order valence-corrected chi connectivity index (χ1v) is 6.06. The molecule has 1 heterocycles. The van der Waals surface area contributed by atoms with Gasteiger partial charge in [-0.2, -0.15) is 0 Å². The van der Waals surface area contributed by atoms with Gasteiger partial charge in [-0.1, -0.05) is 12.1 Å². The first-order chi connectivity index (χ1) is 8.72. The summed E-state index contributed by atoms with van der Waals surface area (Å²) in [6, 6.07) is 7.36. The topological polar surface area (TPSA) is 61.4 Å².